The van der Waals surface area contributed by atoms with Gasteiger partial charge < -0.3 is 0 Å². The normalized spacial score (nSPS) is 25.3. The highest BCUT2D eigenvalue weighted by Gasteiger charge is 2.68. The van der Waals surface area contributed by atoms with E-state index in [1.165, 1.54) is 4.90 Å². The molecule has 2 heterocycles. The van der Waals surface area contributed by atoms with Crippen molar-refractivity contribution in [3.05, 3.63) is 94.5 Å². The van der Waals surface area contributed by atoms with Gasteiger partial charge in [0.15, 0.2) is 6.10 Å². The van der Waals surface area contributed by atoms with Crippen LogP contribution in [0.2, 0.25) is 0 Å². The van der Waals surface area contributed by atoms with Crippen molar-refractivity contribution in [3.8, 4) is 0 Å². The summed E-state index contributed by atoms with van der Waals surface area (Å²) in [6, 6.07) is 24.4. The molecule has 0 saturated carbocycles. The lowest BCUT2D eigenvalue weighted by atomic mass is 9.76. The number of rotatable bonds is 3. The second-order valence-electron chi connectivity index (χ2n) is 8.20. The van der Waals surface area contributed by atoms with Crippen molar-refractivity contribution >= 4 is 39.1 Å². The fourth-order valence-corrected chi connectivity index (χ4v) is 4.77. The van der Waals surface area contributed by atoms with E-state index in [1.54, 1.807) is 17.2 Å². The Hall–Kier alpha value is -2.96. The molecule has 0 aliphatic carbocycles. The van der Waals surface area contributed by atoms with Crippen LogP contribution in [0.4, 0.5) is 11.4 Å². The number of anilines is 2. The van der Waals surface area contributed by atoms with Gasteiger partial charge in [-0.05, 0) is 55.8 Å². The van der Waals surface area contributed by atoms with E-state index in [9.17, 15) is 9.59 Å². The molecular formula is C25H21BrN2O3. The number of carbonyl (C=O) groups is 2. The number of aryl methyl sites for hydroxylation is 1. The third-order valence-electron chi connectivity index (χ3n) is 6.16. The number of amides is 2. The number of imide groups is 1. The van der Waals surface area contributed by atoms with Crippen molar-refractivity contribution in [1.29, 1.82) is 0 Å². The average molecular weight is 477 g/mol. The van der Waals surface area contributed by atoms with Crippen LogP contribution in [-0.2, 0) is 14.4 Å². The van der Waals surface area contributed by atoms with Gasteiger partial charge in [0.05, 0.1) is 17.4 Å². The van der Waals surface area contributed by atoms with E-state index in [0.29, 0.717) is 5.69 Å². The molecule has 5 nitrogen and oxygen atoms in total. The standard InChI is InChI=1S/C25H21BrN2O3/c1-16-8-10-17(11-9-16)21-25(2)22(31-28(21)20-6-4-3-5-7-20)23(29)27(24(25)30)19-14-12-18(26)13-15-19/h3-15,21-22H,1-2H3. The highest BCUT2D eigenvalue weighted by Crippen LogP contribution is 2.55. The zero-order chi connectivity index (χ0) is 21.8. The van der Waals surface area contributed by atoms with E-state index in [0.717, 1.165) is 21.3 Å². The quantitative estimate of drug-likeness (QED) is 0.487. The molecule has 0 radical (unpaired) electrons. The van der Waals surface area contributed by atoms with E-state index >= 15 is 0 Å². The minimum Gasteiger partial charge on any atom is -0.273 e. The van der Waals surface area contributed by atoms with Crippen molar-refractivity contribution in [3.63, 3.8) is 0 Å². The van der Waals surface area contributed by atoms with E-state index in [1.807, 2.05) is 80.6 Å². The summed E-state index contributed by atoms with van der Waals surface area (Å²) in [4.78, 5) is 34.8. The maximum Gasteiger partial charge on any atom is 0.266 e. The monoisotopic (exact) mass is 476 g/mol. The number of benzene rings is 3. The molecule has 6 heteroatoms. The molecule has 3 aromatic carbocycles. The van der Waals surface area contributed by atoms with Crippen LogP contribution in [0.5, 0.6) is 0 Å². The Bertz CT molecular complexity index is 1150. The summed E-state index contributed by atoms with van der Waals surface area (Å²) in [5, 5.41) is 1.73. The lowest BCUT2D eigenvalue weighted by Gasteiger charge is -2.32. The molecule has 2 aliphatic rings. The molecule has 0 spiro atoms. The van der Waals surface area contributed by atoms with Crippen LogP contribution in [0, 0.1) is 12.3 Å². The van der Waals surface area contributed by atoms with Crippen LogP contribution >= 0.6 is 15.9 Å². The molecule has 31 heavy (non-hydrogen) atoms. The first kappa shape index (κ1) is 20.0. The molecule has 3 atom stereocenters. The lowest BCUT2D eigenvalue weighted by molar-refractivity contribution is -0.128. The number of hydrogen-bond donors (Lipinski definition) is 0. The number of carbonyl (C=O) groups excluding carboxylic acids is 2. The molecule has 2 fully saturated rings. The van der Waals surface area contributed by atoms with Gasteiger partial charge in [0.1, 0.15) is 5.41 Å². The molecule has 2 amide bonds. The van der Waals surface area contributed by atoms with Gasteiger partial charge in [-0.25, -0.2) is 9.96 Å². The highest BCUT2D eigenvalue weighted by molar-refractivity contribution is 9.10. The number of hydroxylamine groups is 1. The first-order valence-electron chi connectivity index (χ1n) is 10.1. The Balaban J connectivity index is 1.63. The smallest absolute Gasteiger partial charge is 0.266 e. The summed E-state index contributed by atoms with van der Waals surface area (Å²) in [5.74, 6) is -0.598. The number of hydrogen-bond acceptors (Lipinski definition) is 4. The lowest BCUT2D eigenvalue weighted by Crippen LogP contribution is -2.41. The van der Waals surface area contributed by atoms with Crippen LogP contribution in [0.1, 0.15) is 24.1 Å². The summed E-state index contributed by atoms with van der Waals surface area (Å²) in [7, 11) is 0. The topological polar surface area (TPSA) is 49.9 Å². The summed E-state index contributed by atoms with van der Waals surface area (Å²) in [5.41, 5.74) is 2.33. The van der Waals surface area contributed by atoms with Gasteiger partial charge in [-0.3, -0.25) is 14.4 Å². The van der Waals surface area contributed by atoms with Crippen LogP contribution in [-0.4, -0.2) is 17.9 Å². The molecule has 5 rings (SSSR count). The first-order chi connectivity index (χ1) is 14.9. The summed E-state index contributed by atoms with van der Waals surface area (Å²) >= 11 is 3.40. The predicted octanol–water partition coefficient (Wildman–Crippen LogP) is 5.20. The van der Waals surface area contributed by atoms with Crippen molar-refractivity contribution in [1.82, 2.24) is 0 Å². The van der Waals surface area contributed by atoms with E-state index in [2.05, 4.69) is 15.9 Å². The predicted molar refractivity (Wildman–Crippen MR) is 122 cm³/mol. The van der Waals surface area contributed by atoms with Gasteiger partial charge in [0.2, 0.25) is 5.91 Å². The van der Waals surface area contributed by atoms with E-state index in [4.69, 9.17) is 4.84 Å². The van der Waals surface area contributed by atoms with Crippen molar-refractivity contribution < 1.29 is 14.4 Å². The van der Waals surface area contributed by atoms with Gasteiger partial charge in [-0.1, -0.05) is 64.0 Å². The Kier molecular flexibility index (Phi) is 4.72. The minimum atomic E-state index is -1.07. The van der Waals surface area contributed by atoms with Gasteiger partial charge in [-0.2, -0.15) is 0 Å². The summed E-state index contributed by atoms with van der Waals surface area (Å²) in [6.45, 7) is 3.86. The Morgan fingerprint density at radius 1 is 0.871 bits per heavy atom. The van der Waals surface area contributed by atoms with E-state index < -0.39 is 17.6 Å². The van der Waals surface area contributed by atoms with Crippen molar-refractivity contribution in [2.45, 2.75) is 26.0 Å². The molecule has 2 saturated heterocycles. The second kappa shape index (κ2) is 7.32. The SMILES string of the molecule is Cc1ccc(C2N(c3ccccc3)OC3C(=O)N(c4ccc(Br)cc4)C(=O)C32C)cc1. The fraction of sp³-hybridized carbons (Fsp3) is 0.200. The molecular weight excluding hydrogens is 456 g/mol. The summed E-state index contributed by atoms with van der Waals surface area (Å²) < 4.78 is 0.880. The largest absolute Gasteiger partial charge is 0.273 e. The van der Waals surface area contributed by atoms with Gasteiger partial charge >= 0.3 is 0 Å². The second-order valence-corrected chi connectivity index (χ2v) is 9.11. The third kappa shape index (κ3) is 3.01. The van der Waals surface area contributed by atoms with Gasteiger partial charge in [0, 0.05) is 4.47 Å². The molecule has 0 bridgehead atoms. The number of fused-ring (bicyclic) bond motifs is 1. The molecule has 3 unspecified atom stereocenters. The molecule has 0 N–H and O–H groups in total. The average Bonchev–Trinajstić information content (AvgIpc) is 3.19. The van der Waals surface area contributed by atoms with Crippen LogP contribution in [0.15, 0.2) is 83.3 Å². The summed E-state index contributed by atoms with van der Waals surface area (Å²) in [6.07, 6.45) is -0.907. The van der Waals surface area contributed by atoms with Crippen LogP contribution in [0.3, 0.4) is 0 Å². The first-order valence-corrected chi connectivity index (χ1v) is 10.9. The Morgan fingerprint density at radius 2 is 1.52 bits per heavy atom. The number of halogens is 1. The highest BCUT2D eigenvalue weighted by atomic mass is 79.9. The van der Waals surface area contributed by atoms with Crippen LogP contribution < -0.4 is 9.96 Å². The molecule has 0 aromatic heterocycles. The van der Waals surface area contributed by atoms with Gasteiger partial charge in [0.25, 0.3) is 5.91 Å². The van der Waals surface area contributed by atoms with Crippen molar-refractivity contribution in [2.24, 2.45) is 5.41 Å². The van der Waals surface area contributed by atoms with Gasteiger partial charge in [-0.15, -0.1) is 0 Å². The zero-order valence-corrected chi connectivity index (χ0v) is 18.7. The third-order valence-corrected chi connectivity index (χ3v) is 6.69. The molecule has 3 aromatic rings. The Morgan fingerprint density at radius 3 is 2.16 bits per heavy atom. The maximum absolute atomic E-state index is 13.8. The van der Waals surface area contributed by atoms with E-state index in [-0.39, 0.29) is 11.8 Å². The van der Waals surface area contributed by atoms with Crippen molar-refractivity contribution in [2.75, 3.05) is 9.96 Å². The Labute approximate surface area is 189 Å². The fourth-order valence-electron chi connectivity index (χ4n) is 4.51. The van der Waals surface area contributed by atoms with Crippen LogP contribution in [0.25, 0.3) is 0 Å². The number of nitrogens with zero attached hydrogens (tertiary/aromatic N) is 2. The molecule has 156 valence electrons. The zero-order valence-electron chi connectivity index (χ0n) is 17.2. The minimum absolute atomic E-state index is 0.256. The molecule has 2 aliphatic heterocycles. The number of para-hydroxylation sites is 1. The maximum atomic E-state index is 13.8.